The van der Waals surface area contributed by atoms with E-state index in [2.05, 4.69) is 19.2 Å². The number of hydrogen-bond acceptors (Lipinski definition) is 2. The van der Waals surface area contributed by atoms with E-state index < -0.39 is 0 Å². The first-order valence-electron chi connectivity index (χ1n) is 13.5. The molecule has 3 aliphatic carbocycles. The number of carbonyl (C=O) groups excluding carboxylic acids is 1. The molecule has 1 N–H and O–H groups in total. The molecule has 0 aromatic rings. The van der Waals surface area contributed by atoms with Crippen LogP contribution in [0.25, 0.3) is 0 Å². The molecule has 1 aliphatic heterocycles. The van der Waals surface area contributed by atoms with Crippen molar-refractivity contribution >= 4 is 5.91 Å². The minimum atomic E-state index is 0.297. The first kappa shape index (κ1) is 22.6. The lowest BCUT2D eigenvalue weighted by Gasteiger charge is -2.54. The highest BCUT2D eigenvalue weighted by atomic mass is 16.5. The van der Waals surface area contributed by atoms with Crippen molar-refractivity contribution in [3.8, 4) is 0 Å². The number of ether oxygens (including phenoxy) is 1. The Morgan fingerprint density at radius 1 is 0.933 bits per heavy atom. The van der Waals surface area contributed by atoms with E-state index in [1.54, 1.807) is 0 Å². The van der Waals surface area contributed by atoms with Gasteiger partial charge in [0.05, 0.1) is 6.10 Å². The molecule has 7 atom stereocenters. The Morgan fingerprint density at radius 3 is 2.50 bits per heavy atom. The van der Waals surface area contributed by atoms with Gasteiger partial charge in [-0.1, -0.05) is 58.8 Å². The minimum absolute atomic E-state index is 0.297. The van der Waals surface area contributed by atoms with Crippen LogP contribution >= 0.6 is 0 Å². The molecule has 0 spiro atoms. The molecule has 4 fully saturated rings. The molecular weight excluding hydrogens is 370 g/mol. The lowest BCUT2D eigenvalue weighted by Crippen LogP contribution is -2.55. The van der Waals surface area contributed by atoms with Crippen LogP contribution in [0, 0.1) is 29.1 Å². The second kappa shape index (κ2) is 10.4. The van der Waals surface area contributed by atoms with Gasteiger partial charge in [0, 0.05) is 19.1 Å². The third kappa shape index (κ3) is 5.08. The second-order valence-corrected chi connectivity index (χ2v) is 11.5. The third-order valence-electron chi connectivity index (χ3n) is 9.50. The van der Waals surface area contributed by atoms with E-state index in [0.29, 0.717) is 23.5 Å². The fraction of sp³-hybridized carbons (Fsp3) is 0.963. The van der Waals surface area contributed by atoms with Crippen molar-refractivity contribution in [3.63, 3.8) is 0 Å². The number of amides is 1. The van der Waals surface area contributed by atoms with Gasteiger partial charge in [-0.3, -0.25) is 4.79 Å². The van der Waals surface area contributed by atoms with Crippen LogP contribution in [0.3, 0.4) is 0 Å². The zero-order valence-corrected chi connectivity index (χ0v) is 19.8. The summed E-state index contributed by atoms with van der Waals surface area (Å²) in [4.78, 5) is 11.9. The first-order chi connectivity index (χ1) is 14.6. The molecule has 0 aromatic carbocycles. The van der Waals surface area contributed by atoms with Crippen molar-refractivity contribution in [2.75, 3.05) is 6.61 Å². The summed E-state index contributed by atoms with van der Waals surface area (Å²) >= 11 is 0. The maximum Gasteiger partial charge on any atom is 0.220 e. The normalized spacial score (nSPS) is 40.4. The van der Waals surface area contributed by atoms with E-state index in [9.17, 15) is 4.79 Å². The Labute approximate surface area is 185 Å². The van der Waals surface area contributed by atoms with Gasteiger partial charge >= 0.3 is 0 Å². The van der Waals surface area contributed by atoms with Crippen LogP contribution in [0.1, 0.15) is 117 Å². The quantitative estimate of drug-likeness (QED) is 0.404. The molecular formula is C27H47NO2. The molecule has 1 saturated heterocycles. The highest BCUT2D eigenvalue weighted by Gasteiger charge is 2.55. The first-order valence-corrected chi connectivity index (χ1v) is 13.5. The largest absolute Gasteiger partial charge is 0.378 e. The van der Waals surface area contributed by atoms with Crippen molar-refractivity contribution in [1.82, 2.24) is 5.32 Å². The van der Waals surface area contributed by atoms with Crippen LogP contribution in [-0.4, -0.2) is 24.7 Å². The van der Waals surface area contributed by atoms with Gasteiger partial charge in [0.1, 0.15) is 0 Å². The monoisotopic (exact) mass is 417 g/mol. The van der Waals surface area contributed by atoms with Crippen molar-refractivity contribution in [1.29, 1.82) is 0 Å². The maximum atomic E-state index is 11.9. The molecule has 0 aromatic heterocycles. The summed E-state index contributed by atoms with van der Waals surface area (Å²) in [7, 11) is 0. The minimum Gasteiger partial charge on any atom is -0.378 e. The smallest absolute Gasteiger partial charge is 0.220 e. The van der Waals surface area contributed by atoms with Gasteiger partial charge in [-0.2, -0.15) is 0 Å². The van der Waals surface area contributed by atoms with Gasteiger partial charge in [-0.25, -0.2) is 0 Å². The zero-order valence-electron chi connectivity index (χ0n) is 19.8. The summed E-state index contributed by atoms with van der Waals surface area (Å²) < 4.78 is 6.45. The van der Waals surface area contributed by atoms with E-state index in [0.717, 1.165) is 43.1 Å². The van der Waals surface area contributed by atoms with Crippen LogP contribution in [0.5, 0.6) is 0 Å². The Bertz CT molecular complexity index is 563. The van der Waals surface area contributed by atoms with E-state index in [-0.39, 0.29) is 0 Å². The van der Waals surface area contributed by atoms with Crippen LogP contribution < -0.4 is 5.32 Å². The lowest BCUT2D eigenvalue weighted by atomic mass is 9.52. The van der Waals surface area contributed by atoms with Crippen molar-refractivity contribution in [2.45, 2.75) is 129 Å². The number of fused-ring (bicyclic) bond motifs is 5. The molecule has 3 saturated carbocycles. The second-order valence-electron chi connectivity index (χ2n) is 11.5. The maximum absolute atomic E-state index is 11.9. The lowest BCUT2D eigenvalue weighted by molar-refractivity contribution is -0.127. The molecule has 1 amide bonds. The van der Waals surface area contributed by atoms with Crippen molar-refractivity contribution in [3.05, 3.63) is 0 Å². The molecule has 0 bridgehead atoms. The SMILES string of the molecule is CCCCCCCCCCO[C@H]1C[C@H]2[C@@H]3CC[C@H]4NC(=O)CC[C@@H]4[C@H]3CC[C@]2(C)C1. The molecule has 3 nitrogen and oxygen atoms in total. The van der Waals surface area contributed by atoms with E-state index in [4.69, 9.17) is 4.74 Å². The van der Waals surface area contributed by atoms with Gasteiger partial charge in [-0.05, 0) is 80.5 Å². The molecule has 0 radical (unpaired) electrons. The van der Waals surface area contributed by atoms with E-state index in [1.807, 2.05) is 0 Å². The topological polar surface area (TPSA) is 38.3 Å². The number of hydrogen-bond donors (Lipinski definition) is 1. The molecule has 172 valence electrons. The highest BCUT2D eigenvalue weighted by Crippen LogP contribution is 2.61. The van der Waals surface area contributed by atoms with Gasteiger partial charge < -0.3 is 10.1 Å². The molecule has 4 aliphatic rings. The van der Waals surface area contributed by atoms with Gasteiger partial charge in [0.15, 0.2) is 0 Å². The summed E-state index contributed by atoms with van der Waals surface area (Å²) in [5.41, 5.74) is 0.510. The Kier molecular flexibility index (Phi) is 7.81. The summed E-state index contributed by atoms with van der Waals surface area (Å²) in [5.74, 6) is 3.65. The number of piperidine rings is 1. The summed E-state index contributed by atoms with van der Waals surface area (Å²) in [5, 5.41) is 3.32. The van der Waals surface area contributed by atoms with Crippen LogP contribution in [0.2, 0.25) is 0 Å². The van der Waals surface area contributed by atoms with Crippen LogP contribution in [0.4, 0.5) is 0 Å². The Balaban J connectivity index is 1.20. The zero-order chi connectivity index (χ0) is 21.0. The predicted octanol–water partition coefficient (Wildman–Crippen LogP) is 6.64. The predicted molar refractivity (Wildman–Crippen MR) is 123 cm³/mol. The van der Waals surface area contributed by atoms with Crippen molar-refractivity contribution < 1.29 is 9.53 Å². The molecule has 3 heteroatoms. The number of rotatable bonds is 10. The molecule has 30 heavy (non-hydrogen) atoms. The summed E-state index contributed by atoms with van der Waals surface area (Å²) in [6.45, 7) is 5.84. The fourth-order valence-corrected chi connectivity index (χ4v) is 7.93. The van der Waals surface area contributed by atoms with Gasteiger partial charge in [0.2, 0.25) is 5.91 Å². The highest BCUT2D eigenvalue weighted by molar-refractivity contribution is 5.77. The van der Waals surface area contributed by atoms with Crippen LogP contribution in [-0.2, 0) is 9.53 Å². The number of unbranched alkanes of at least 4 members (excludes halogenated alkanes) is 7. The van der Waals surface area contributed by atoms with Crippen LogP contribution in [0.15, 0.2) is 0 Å². The number of nitrogens with one attached hydrogen (secondary N) is 1. The van der Waals surface area contributed by atoms with Gasteiger partial charge in [0.25, 0.3) is 0 Å². The van der Waals surface area contributed by atoms with Crippen molar-refractivity contribution in [2.24, 2.45) is 29.1 Å². The molecule has 0 unspecified atom stereocenters. The van der Waals surface area contributed by atoms with Gasteiger partial charge in [-0.15, -0.1) is 0 Å². The van der Waals surface area contributed by atoms with E-state index in [1.165, 1.54) is 89.9 Å². The number of carbonyl (C=O) groups is 1. The molecule has 1 heterocycles. The third-order valence-corrected chi connectivity index (χ3v) is 9.50. The average Bonchev–Trinajstić information content (AvgIpc) is 3.08. The molecule has 4 rings (SSSR count). The fourth-order valence-electron chi connectivity index (χ4n) is 7.93. The Hall–Kier alpha value is -0.570. The standard InChI is InChI=1S/C27H47NO2/c1-3-4-5-6-7-8-9-10-17-30-20-18-24-22-11-13-25-23(12-14-26(29)28-25)21(22)15-16-27(24,2)19-20/h20-25H,3-19H2,1-2H3,(H,28,29)/t20-,21-,22+,23+,24-,25+,27+/m0/s1. The summed E-state index contributed by atoms with van der Waals surface area (Å²) in [6.07, 6.45) is 21.3. The average molecular weight is 418 g/mol. The summed E-state index contributed by atoms with van der Waals surface area (Å²) in [6, 6.07) is 0.479. The Morgan fingerprint density at radius 2 is 1.70 bits per heavy atom. The van der Waals surface area contributed by atoms with E-state index >= 15 is 0 Å².